The average molecular weight is 183 g/mol. The maximum absolute atomic E-state index is 8.85. The molecule has 2 aliphatic rings. The van der Waals surface area contributed by atoms with Gasteiger partial charge in [0.1, 0.15) is 0 Å². The lowest BCUT2D eigenvalue weighted by Crippen LogP contribution is -2.32. The molecule has 0 radical (unpaired) electrons. The SMILES string of the molecule is N#CC1CCCC1SC1COC1. The standard InChI is InChI=1S/C9H13NOS/c10-4-7-2-1-3-9(7)12-8-5-11-6-8/h7-9H,1-3,5-6H2. The van der Waals surface area contributed by atoms with Gasteiger partial charge in [-0.2, -0.15) is 5.26 Å². The number of thioether (sulfide) groups is 1. The van der Waals surface area contributed by atoms with Crippen LogP contribution in [0, 0.1) is 17.2 Å². The molecule has 1 saturated carbocycles. The molecule has 0 spiro atoms. The van der Waals surface area contributed by atoms with E-state index in [0.29, 0.717) is 16.4 Å². The van der Waals surface area contributed by atoms with Crippen LogP contribution in [0.2, 0.25) is 0 Å². The van der Waals surface area contributed by atoms with Gasteiger partial charge in [-0.15, -0.1) is 11.8 Å². The quantitative estimate of drug-likeness (QED) is 0.654. The van der Waals surface area contributed by atoms with Gasteiger partial charge in [0.05, 0.1) is 30.5 Å². The van der Waals surface area contributed by atoms with Gasteiger partial charge in [0.2, 0.25) is 0 Å². The Bertz CT molecular complexity index is 197. The fourth-order valence-electron chi connectivity index (χ4n) is 1.78. The molecule has 0 N–H and O–H groups in total. The molecule has 0 aromatic heterocycles. The number of ether oxygens (including phenoxy) is 1. The molecular weight excluding hydrogens is 170 g/mol. The molecule has 0 bridgehead atoms. The first-order valence-electron chi connectivity index (χ1n) is 4.53. The molecule has 1 saturated heterocycles. The van der Waals surface area contributed by atoms with Crippen molar-refractivity contribution in [2.24, 2.45) is 5.92 Å². The van der Waals surface area contributed by atoms with E-state index < -0.39 is 0 Å². The Morgan fingerprint density at radius 1 is 1.33 bits per heavy atom. The van der Waals surface area contributed by atoms with Crippen molar-refractivity contribution >= 4 is 11.8 Å². The summed E-state index contributed by atoms with van der Waals surface area (Å²) in [6.07, 6.45) is 3.59. The number of nitriles is 1. The van der Waals surface area contributed by atoms with Crippen molar-refractivity contribution in [3.05, 3.63) is 0 Å². The van der Waals surface area contributed by atoms with E-state index in [1.54, 1.807) is 0 Å². The first-order chi connectivity index (χ1) is 5.90. The van der Waals surface area contributed by atoms with E-state index in [0.717, 1.165) is 19.6 Å². The van der Waals surface area contributed by atoms with Crippen molar-refractivity contribution in [2.45, 2.75) is 29.8 Å². The van der Waals surface area contributed by atoms with Crippen LogP contribution in [0.4, 0.5) is 0 Å². The van der Waals surface area contributed by atoms with E-state index in [1.165, 1.54) is 12.8 Å². The topological polar surface area (TPSA) is 33.0 Å². The Morgan fingerprint density at radius 3 is 2.75 bits per heavy atom. The normalized spacial score (nSPS) is 35.9. The van der Waals surface area contributed by atoms with Crippen molar-refractivity contribution in [3.63, 3.8) is 0 Å². The molecule has 2 rings (SSSR count). The van der Waals surface area contributed by atoms with E-state index in [9.17, 15) is 0 Å². The summed E-state index contributed by atoms with van der Waals surface area (Å²) in [5.74, 6) is 0.315. The first kappa shape index (κ1) is 8.40. The average Bonchev–Trinajstić information content (AvgIpc) is 2.43. The molecule has 1 heterocycles. The van der Waals surface area contributed by atoms with Crippen molar-refractivity contribution in [3.8, 4) is 6.07 Å². The third-order valence-electron chi connectivity index (χ3n) is 2.59. The van der Waals surface area contributed by atoms with Crippen LogP contribution in [-0.4, -0.2) is 23.7 Å². The highest BCUT2D eigenvalue weighted by atomic mass is 32.2. The summed E-state index contributed by atoms with van der Waals surface area (Å²) >= 11 is 1.98. The van der Waals surface area contributed by atoms with Crippen LogP contribution in [0.1, 0.15) is 19.3 Å². The maximum Gasteiger partial charge on any atom is 0.0667 e. The van der Waals surface area contributed by atoms with Gasteiger partial charge in [0, 0.05) is 5.25 Å². The molecule has 2 fully saturated rings. The molecule has 2 unspecified atom stereocenters. The lowest BCUT2D eigenvalue weighted by molar-refractivity contribution is 0.0452. The molecular formula is C9H13NOS. The summed E-state index contributed by atoms with van der Waals surface area (Å²) < 4.78 is 5.11. The summed E-state index contributed by atoms with van der Waals surface area (Å²) in [7, 11) is 0. The van der Waals surface area contributed by atoms with Gasteiger partial charge in [-0.3, -0.25) is 0 Å². The van der Waals surface area contributed by atoms with E-state index in [2.05, 4.69) is 6.07 Å². The van der Waals surface area contributed by atoms with Gasteiger partial charge in [-0.05, 0) is 12.8 Å². The third-order valence-corrected chi connectivity index (χ3v) is 4.16. The predicted octanol–water partition coefficient (Wildman–Crippen LogP) is 1.81. The molecule has 0 amide bonds. The van der Waals surface area contributed by atoms with Crippen LogP contribution in [0.3, 0.4) is 0 Å². The van der Waals surface area contributed by atoms with Crippen LogP contribution in [0.5, 0.6) is 0 Å². The molecule has 0 aromatic rings. The summed E-state index contributed by atoms with van der Waals surface area (Å²) in [6, 6.07) is 2.41. The smallest absolute Gasteiger partial charge is 0.0667 e. The Kier molecular flexibility index (Phi) is 2.57. The second kappa shape index (κ2) is 3.68. The highest BCUT2D eigenvalue weighted by molar-refractivity contribution is 8.00. The second-order valence-electron chi connectivity index (χ2n) is 3.50. The zero-order chi connectivity index (χ0) is 8.39. The van der Waals surface area contributed by atoms with Gasteiger partial charge in [0.25, 0.3) is 0 Å². The van der Waals surface area contributed by atoms with Crippen LogP contribution in [0.25, 0.3) is 0 Å². The Morgan fingerprint density at radius 2 is 2.17 bits per heavy atom. The summed E-state index contributed by atoms with van der Waals surface area (Å²) in [4.78, 5) is 0. The third kappa shape index (κ3) is 1.60. The van der Waals surface area contributed by atoms with Crippen molar-refractivity contribution in [2.75, 3.05) is 13.2 Å². The van der Waals surface area contributed by atoms with Crippen LogP contribution in [-0.2, 0) is 4.74 Å². The Hall–Kier alpha value is -0.200. The molecule has 0 aromatic carbocycles. The fraction of sp³-hybridized carbons (Fsp3) is 0.889. The first-order valence-corrected chi connectivity index (χ1v) is 5.47. The minimum absolute atomic E-state index is 0.315. The molecule has 1 aliphatic carbocycles. The summed E-state index contributed by atoms with van der Waals surface area (Å²) in [6.45, 7) is 1.80. The number of hydrogen-bond acceptors (Lipinski definition) is 3. The molecule has 3 heteroatoms. The largest absolute Gasteiger partial charge is 0.379 e. The molecule has 12 heavy (non-hydrogen) atoms. The van der Waals surface area contributed by atoms with Crippen molar-refractivity contribution in [1.29, 1.82) is 5.26 Å². The number of nitrogens with zero attached hydrogens (tertiary/aromatic N) is 1. The van der Waals surface area contributed by atoms with Gasteiger partial charge < -0.3 is 4.74 Å². The minimum atomic E-state index is 0.315. The lowest BCUT2D eigenvalue weighted by Gasteiger charge is -2.28. The summed E-state index contributed by atoms with van der Waals surface area (Å²) in [5, 5.41) is 10.1. The van der Waals surface area contributed by atoms with Gasteiger partial charge in [-0.1, -0.05) is 6.42 Å². The molecule has 2 atom stereocenters. The molecule has 66 valence electrons. The molecule has 1 aliphatic heterocycles. The van der Waals surface area contributed by atoms with E-state index in [1.807, 2.05) is 11.8 Å². The Labute approximate surface area is 77.3 Å². The minimum Gasteiger partial charge on any atom is -0.379 e. The van der Waals surface area contributed by atoms with Crippen LogP contribution >= 0.6 is 11.8 Å². The highest BCUT2D eigenvalue weighted by Gasteiger charge is 2.32. The van der Waals surface area contributed by atoms with E-state index >= 15 is 0 Å². The van der Waals surface area contributed by atoms with Gasteiger partial charge in [-0.25, -0.2) is 0 Å². The maximum atomic E-state index is 8.85. The van der Waals surface area contributed by atoms with Crippen LogP contribution in [0.15, 0.2) is 0 Å². The monoisotopic (exact) mass is 183 g/mol. The van der Waals surface area contributed by atoms with Gasteiger partial charge in [0.15, 0.2) is 0 Å². The van der Waals surface area contributed by atoms with Crippen LogP contribution < -0.4 is 0 Å². The lowest BCUT2D eigenvalue weighted by atomic mass is 10.1. The van der Waals surface area contributed by atoms with Crippen molar-refractivity contribution in [1.82, 2.24) is 0 Å². The zero-order valence-electron chi connectivity index (χ0n) is 7.03. The number of rotatable bonds is 2. The zero-order valence-corrected chi connectivity index (χ0v) is 7.85. The fourth-order valence-corrected chi connectivity index (χ4v) is 3.31. The number of hydrogen-bond donors (Lipinski definition) is 0. The molecule has 2 nitrogen and oxygen atoms in total. The van der Waals surface area contributed by atoms with Gasteiger partial charge >= 0.3 is 0 Å². The van der Waals surface area contributed by atoms with E-state index in [4.69, 9.17) is 10.00 Å². The van der Waals surface area contributed by atoms with E-state index in [-0.39, 0.29) is 0 Å². The van der Waals surface area contributed by atoms with Crippen molar-refractivity contribution < 1.29 is 4.74 Å². The summed E-state index contributed by atoms with van der Waals surface area (Å²) in [5.41, 5.74) is 0. The highest BCUT2D eigenvalue weighted by Crippen LogP contribution is 2.38. The predicted molar refractivity (Wildman–Crippen MR) is 48.9 cm³/mol. The second-order valence-corrected chi connectivity index (χ2v) is 5.04. The Balaban J connectivity index is 1.82.